The first kappa shape index (κ1) is 15.2. The Balaban J connectivity index is 3.66. The van der Waals surface area contributed by atoms with Gasteiger partial charge in [0.2, 0.25) is 0 Å². The van der Waals surface area contributed by atoms with Crippen molar-refractivity contribution in [1.29, 1.82) is 5.26 Å². The number of unbranched alkanes of at least 4 members (excludes halogenated alkanes) is 5. The minimum absolute atomic E-state index is 0.0584. The summed E-state index contributed by atoms with van der Waals surface area (Å²) in [7, 11) is 0. The van der Waals surface area contributed by atoms with Gasteiger partial charge in [-0.3, -0.25) is 4.79 Å². The third kappa shape index (κ3) is 6.61. The molecule has 2 nitrogen and oxygen atoms in total. The second-order valence-corrected chi connectivity index (χ2v) is 5.16. The lowest BCUT2D eigenvalue weighted by molar-refractivity contribution is -0.126. The number of carbonyl (C=O) groups is 1. The molecular formula is C14H25NO. The van der Waals surface area contributed by atoms with Gasteiger partial charge in [0.25, 0.3) is 0 Å². The lowest BCUT2D eigenvalue weighted by Gasteiger charge is -2.21. The van der Waals surface area contributed by atoms with E-state index in [9.17, 15) is 4.79 Å². The molecule has 0 aliphatic heterocycles. The van der Waals surface area contributed by atoms with Gasteiger partial charge >= 0.3 is 0 Å². The number of nitrogens with zero attached hydrogens (tertiary/aromatic N) is 1. The summed E-state index contributed by atoms with van der Waals surface area (Å²) in [6, 6.07) is 1.94. The van der Waals surface area contributed by atoms with Gasteiger partial charge in [0.1, 0.15) is 0 Å². The molecule has 0 aliphatic carbocycles. The molecule has 0 bridgehead atoms. The zero-order valence-corrected chi connectivity index (χ0v) is 11.0. The molecule has 0 saturated carbocycles. The van der Waals surface area contributed by atoms with Crippen LogP contribution in [-0.2, 0) is 4.79 Å². The molecule has 0 unspecified atom stereocenters. The van der Waals surface area contributed by atoms with Crippen molar-refractivity contribution >= 4 is 5.78 Å². The predicted octanol–water partition coefficient (Wildman–Crippen LogP) is 4.25. The lowest BCUT2D eigenvalue weighted by atomic mass is 9.81. The number of nitriles is 1. The molecule has 0 N–H and O–H groups in total. The minimum atomic E-state index is -0.305. The Morgan fingerprint density at radius 2 is 1.69 bits per heavy atom. The average Bonchev–Trinajstić information content (AvgIpc) is 2.23. The Labute approximate surface area is 100 Å². The van der Waals surface area contributed by atoms with Crippen molar-refractivity contribution in [3.8, 4) is 6.07 Å². The quantitative estimate of drug-likeness (QED) is 0.548. The summed E-state index contributed by atoms with van der Waals surface area (Å²) in [5, 5.41) is 8.50. The van der Waals surface area contributed by atoms with Crippen LogP contribution < -0.4 is 0 Å². The highest BCUT2D eigenvalue weighted by atomic mass is 16.1. The molecule has 0 aliphatic rings. The van der Waals surface area contributed by atoms with E-state index in [1.165, 1.54) is 32.1 Å². The van der Waals surface area contributed by atoms with Gasteiger partial charge in [-0.1, -0.05) is 59.3 Å². The summed E-state index contributed by atoms with van der Waals surface area (Å²) in [4.78, 5) is 11.6. The fourth-order valence-electron chi connectivity index (χ4n) is 1.80. The molecule has 92 valence electrons. The molecule has 0 aromatic rings. The number of Topliss-reactive ketones (excluding diaryl/α,β-unsaturated/α-hetero) is 1. The lowest BCUT2D eigenvalue weighted by Crippen LogP contribution is -2.23. The molecule has 0 radical (unpaired) electrons. The molecule has 0 amide bonds. The maximum Gasteiger partial charge on any atom is 0.152 e. The number of carbonyl (C=O) groups excluding carboxylic acids is 1. The van der Waals surface area contributed by atoms with Crippen LogP contribution in [0.1, 0.15) is 72.1 Å². The monoisotopic (exact) mass is 223 g/mol. The van der Waals surface area contributed by atoms with E-state index < -0.39 is 0 Å². The van der Waals surface area contributed by atoms with Gasteiger partial charge < -0.3 is 0 Å². The number of ketones is 1. The smallest absolute Gasteiger partial charge is 0.152 e. The van der Waals surface area contributed by atoms with Crippen LogP contribution in [-0.4, -0.2) is 5.78 Å². The second-order valence-electron chi connectivity index (χ2n) is 5.16. The Morgan fingerprint density at radius 1 is 1.12 bits per heavy atom. The maximum atomic E-state index is 11.6. The highest BCUT2D eigenvalue weighted by Gasteiger charge is 2.25. The van der Waals surface area contributed by atoms with Crippen LogP contribution in [0.3, 0.4) is 0 Å². The summed E-state index contributed by atoms with van der Waals surface area (Å²) >= 11 is 0. The molecule has 0 rings (SSSR count). The summed E-state index contributed by atoms with van der Waals surface area (Å²) in [5.74, 6) is 0.0866. The number of rotatable bonds is 9. The summed E-state index contributed by atoms with van der Waals surface area (Å²) in [6.45, 7) is 6.13. The van der Waals surface area contributed by atoms with Crippen molar-refractivity contribution < 1.29 is 4.79 Å². The van der Waals surface area contributed by atoms with Gasteiger partial charge in [0, 0.05) is 5.41 Å². The summed E-state index contributed by atoms with van der Waals surface area (Å²) < 4.78 is 0. The number of hydrogen-bond acceptors (Lipinski definition) is 2. The summed E-state index contributed by atoms with van der Waals surface area (Å²) in [6.07, 6.45) is 8.46. The van der Waals surface area contributed by atoms with Crippen LogP contribution in [0.15, 0.2) is 0 Å². The van der Waals surface area contributed by atoms with Gasteiger partial charge in [-0.25, -0.2) is 0 Å². The van der Waals surface area contributed by atoms with E-state index in [0.717, 1.165) is 12.8 Å². The molecule has 0 saturated heterocycles. The molecular weight excluding hydrogens is 198 g/mol. The van der Waals surface area contributed by atoms with Crippen LogP contribution in [0.4, 0.5) is 0 Å². The van der Waals surface area contributed by atoms with Crippen LogP contribution >= 0.6 is 0 Å². The molecule has 0 spiro atoms. The van der Waals surface area contributed by atoms with E-state index in [-0.39, 0.29) is 17.6 Å². The van der Waals surface area contributed by atoms with E-state index >= 15 is 0 Å². The Morgan fingerprint density at radius 3 is 2.25 bits per heavy atom. The number of hydrogen-bond donors (Lipinski definition) is 0. The molecule has 16 heavy (non-hydrogen) atoms. The van der Waals surface area contributed by atoms with E-state index in [4.69, 9.17) is 5.26 Å². The van der Waals surface area contributed by atoms with Crippen molar-refractivity contribution in [1.82, 2.24) is 0 Å². The topological polar surface area (TPSA) is 40.9 Å². The Kier molecular flexibility index (Phi) is 7.89. The first-order valence-corrected chi connectivity index (χ1v) is 6.45. The van der Waals surface area contributed by atoms with Gasteiger partial charge in [0.05, 0.1) is 12.5 Å². The SMILES string of the molecule is CCCCCCCCC(C)(C)C(=O)CC#N. The van der Waals surface area contributed by atoms with E-state index in [1.807, 2.05) is 19.9 Å². The van der Waals surface area contributed by atoms with Crippen molar-refractivity contribution in [2.24, 2.45) is 5.41 Å². The largest absolute Gasteiger partial charge is 0.298 e. The molecule has 2 heteroatoms. The Hall–Kier alpha value is -0.840. The van der Waals surface area contributed by atoms with Gasteiger partial charge in [0.15, 0.2) is 5.78 Å². The van der Waals surface area contributed by atoms with Gasteiger partial charge in [-0.15, -0.1) is 0 Å². The van der Waals surface area contributed by atoms with E-state index in [2.05, 4.69) is 6.92 Å². The van der Waals surface area contributed by atoms with Crippen molar-refractivity contribution in [2.45, 2.75) is 72.1 Å². The molecule has 0 aromatic carbocycles. The van der Waals surface area contributed by atoms with Crippen molar-refractivity contribution in [3.05, 3.63) is 0 Å². The highest BCUT2D eigenvalue weighted by molar-refractivity contribution is 5.85. The van der Waals surface area contributed by atoms with Gasteiger partial charge in [-0.2, -0.15) is 5.26 Å². The third-order valence-electron chi connectivity index (χ3n) is 3.15. The normalized spacial score (nSPS) is 11.1. The average molecular weight is 223 g/mol. The Bertz CT molecular complexity index is 238. The van der Waals surface area contributed by atoms with Crippen LogP contribution in [0.5, 0.6) is 0 Å². The molecule has 0 aromatic heterocycles. The maximum absolute atomic E-state index is 11.6. The van der Waals surface area contributed by atoms with Gasteiger partial charge in [-0.05, 0) is 6.42 Å². The molecule has 0 heterocycles. The van der Waals surface area contributed by atoms with Crippen LogP contribution in [0.2, 0.25) is 0 Å². The first-order valence-electron chi connectivity index (χ1n) is 6.45. The van der Waals surface area contributed by atoms with E-state index in [0.29, 0.717) is 0 Å². The highest BCUT2D eigenvalue weighted by Crippen LogP contribution is 2.26. The fourth-order valence-corrected chi connectivity index (χ4v) is 1.80. The van der Waals surface area contributed by atoms with E-state index in [1.54, 1.807) is 0 Å². The van der Waals surface area contributed by atoms with Crippen molar-refractivity contribution in [2.75, 3.05) is 0 Å². The second kappa shape index (κ2) is 8.33. The minimum Gasteiger partial charge on any atom is -0.298 e. The molecule has 0 fully saturated rings. The first-order chi connectivity index (χ1) is 7.54. The van der Waals surface area contributed by atoms with Crippen molar-refractivity contribution in [3.63, 3.8) is 0 Å². The van der Waals surface area contributed by atoms with Crippen LogP contribution in [0.25, 0.3) is 0 Å². The zero-order chi connectivity index (χ0) is 12.4. The molecule has 0 atom stereocenters. The summed E-state index contributed by atoms with van der Waals surface area (Å²) in [5.41, 5.74) is -0.305. The standard InChI is InChI=1S/C14H25NO/c1-4-5-6-7-8-9-11-14(2,3)13(16)10-12-15/h4-11H2,1-3H3. The van der Waals surface area contributed by atoms with Crippen LogP contribution in [0, 0.1) is 16.7 Å². The third-order valence-corrected chi connectivity index (χ3v) is 3.15. The fraction of sp³-hybridized carbons (Fsp3) is 0.857. The predicted molar refractivity (Wildman–Crippen MR) is 67.0 cm³/mol. The zero-order valence-electron chi connectivity index (χ0n) is 11.0.